The Kier molecular flexibility index (Phi) is 2.29. The minimum absolute atomic E-state index is 0.0608. The van der Waals surface area contributed by atoms with Crippen molar-refractivity contribution < 1.29 is 4.74 Å². The molecule has 5 heteroatoms. The summed E-state index contributed by atoms with van der Waals surface area (Å²) in [4.78, 5) is 12.1. The zero-order chi connectivity index (χ0) is 11.1. The molecule has 0 aliphatic carbocycles. The second-order valence-corrected chi connectivity index (χ2v) is 4.73. The summed E-state index contributed by atoms with van der Waals surface area (Å²) >= 11 is 3.36. The lowest BCUT2D eigenvalue weighted by Crippen LogP contribution is -2.24. The monoisotopic (exact) mass is 280 g/mol. The molecule has 1 fully saturated rings. The van der Waals surface area contributed by atoms with E-state index in [2.05, 4.69) is 21.0 Å². The van der Waals surface area contributed by atoms with E-state index in [1.165, 1.54) is 4.68 Å². The number of fused-ring (bicyclic) bond motifs is 1. The summed E-state index contributed by atoms with van der Waals surface area (Å²) in [5, 5.41) is 5.67. The fourth-order valence-corrected chi connectivity index (χ4v) is 2.01. The molecule has 1 aromatic carbocycles. The Labute approximate surface area is 100.0 Å². The SMILES string of the molecule is O=c1c2cc(Br)ccc2cnn1CC1CO1. The number of halogens is 1. The highest BCUT2D eigenvalue weighted by Crippen LogP contribution is 2.16. The fraction of sp³-hybridized carbons (Fsp3) is 0.273. The highest BCUT2D eigenvalue weighted by Gasteiger charge is 2.24. The standard InChI is InChI=1S/C11H9BrN2O2/c12-8-2-1-7-4-13-14(5-9-6-16-9)11(15)10(7)3-8/h1-4,9H,5-6H2. The first-order valence-corrected chi connectivity index (χ1v) is 5.80. The lowest BCUT2D eigenvalue weighted by atomic mass is 10.2. The zero-order valence-electron chi connectivity index (χ0n) is 8.39. The van der Waals surface area contributed by atoms with Crippen LogP contribution >= 0.6 is 15.9 Å². The molecule has 16 heavy (non-hydrogen) atoms. The first-order chi connectivity index (χ1) is 7.74. The first-order valence-electron chi connectivity index (χ1n) is 5.01. The van der Waals surface area contributed by atoms with Crippen LogP contribution in [0.5, 0.6) is 0 Å². The second kappa shape index (κ2) is 3.68. The minimum atomic E-state index is -0.0608. The molecule has 0 spiro atoms. The Morgan fingerprint density at radius 2 is 2.38 bits per heavy atom. The molecule has 0 saturated carbocycles. The number of nitrogens with zero attached hydrogens (tertiary/aromatic N) is 2. The summed E-state index contributed by atoms with van der Waals surface area (Å²) in [6, 6.07) is 5.60. The number of hydrogen-bond acceptors (Lipinski definition) is 3. The van der Waals surface area contributed by atoms with Crippen LogP contribution < -0.4 is 5.56 Å². The predicted molar refractivity (Wildman–Crippen MR) is 63.4 cm³/mol. The maximum absolute atomic E-state index is 12.1. The normalized spacial score (nSPS) is 18.9. The largest absolute Gasteiger partial charge is 0.371 e. The Morgan fingerprint density at radius 1 is 1.56 bits per heavy atom. The number of epoxide rings is 1. The smallest absolute Gasteiger partial charge is 0.274 e. The van der Waals surface area contributed by atoms with Gasteiger partial charge in [-0.3, -0.25) is 4.79 Å². The summed E-state index contributed by atoms with van der Waals surface area (Å²) in [7, 11) is 0. The Balaban J connectivity index is 2.17. The van der Waals surface area contributed by atoms with E-state index in [9.17, 15) is 4.79 Å². The molecule has 2 aromatic rings. The van der Waals surface area contributed by atoms with Crippen LogP contribution in [0.3, 0.4) is 0 Å². The molecule has 0 N–H and O–H groups in total. The van der Waals surface area contributed by atoms with Crippen molar-refractivity contribution in [2.75, 3.05) is 6.61 Å². The number of hydrogen-bond donors (Lipinski definition) is 0. The van der Waals surface area contributed by atoms with Crippen molar-refractivity contribution in [2.24, 2.45) is 0 Å². The van der Waals surface area contributed by atoms with Gasteiger partial charge in [0, 0.05) is 9.86 Å². The average molecular weight is 281 g/mol. The third kappa shape index (κ3) is 1.76. The van der Waals surface area contributed by atoms with Gasteiger partial charge in [0.05, 0.1) is 24.7 Å². The summed E-state index contributed by atoms with van der Waals surface area (Å²) in [6.07, 6.45) is 1.88. The molecule has 1 aromatic heterocycles. The maximum atomic E-state index is 12.1. The molecule has 82 valence electrons. The molecular weight excluding hydrogens is 272 g/mol. The van der Waals surface area contributed by atoms with Crippen molar-refractivity contribution in [2.45, 2.75) is 12.6 Å². The van der Waals surface area contributed by atoms with Crippen LogP contribution in [0.25, 0.3) is 10.8 Å². The van der Waals surface area contributed by atoms with Crippen molar-refractivity contribution in [3.8, 4) is 0 Å². The van der Waals surface area contributed by atoms with Gasteiger partial charge in [-0.2, -0.15) is 5.10 Å². The molecule has 0 radical (unpaired) electrons. The third-order valence-electron chi connectivity index (χ3n) is 2.60. The maximum Gasteiger partial charge on any atom is 0.274 e. The van der Waals surface area contributed by atoms with Crippen molar-refractivity contribution >= 4 is 26.7 Å². The molecule has 1 atom stereocenters. The van der Waals surface area contributed by atoms with Gasteiger partial charge in [-0.1, -0.05) is 22.0 Å². The number of rotatable bonds is 2. The summed E-state index contributed by atoms with van der Waals surface area (Å²) in [5.41, 5.74) is -0.0608. The van der Waals surface area contributed by atoms with Gasteiger partial charge < -0.3 is 4.74 Å². The van der Waals surface area contributed by atoms with Gasteiger partial charge in [-0.15, -0.1) is 0 Å². The first kappa shape index (κ1) is 9.99. The second-order valence-electron chi connectivity index (χ2n) is 3.82. The van der Waals surface area contributed by atoms with E-state index >= 15 is 0 Å². The zero-order valence-corrected chi connectivity index (χ0v) is 9.98. The Morgan fingerprint density at radius 3 is 3.12 bits per heavy atom. The number of benzene rings is 1. The summed E-state index contributed by atoms with van der Waals surface area (Å²) < 4.78 is 7.46. The number of ether oxygens (including phenoxy) is 1. The van der Waals surface area contributed by atoms with E-state index in [0.29, 0.717) is 11.9 Å². The molecular formula is C11H9BrN2O2. The molecule has 0 bridgehead atoms. The van der Waals surface area contributed by atoms with Crippen LogP contribution in [0.4, 0.5) is 0 Å². The van der Waals surface area contributed by atoms with E-state index in [1.807, 2.05) is 18.2 Å². The van der Waals surface area contributed by atoms with Gasteiger partial charge in [-0.25, -0.2) is 4.68 Å². The molecule has 0 amide bonds. The van der Waals surface area contributed by atoms with Crippen LogP contribution in [0.15, 0.2) is 33.7 Å². The molecule has 3 rings (SSSR count). The predicted octanol–water partition coefficient (Wildman–Crippen LogP) is 1.56. The minimum Gasteiger partial charge on any atom is -0.371 e. The summed E-state index contributed by atoms with van der Waals surface area (Å²) in [5.74, 6) is 0. The van der Waals surface area contributed by atoms with Crippen LogP contribution in [0.2, 0.25) is 0 Å². The Hall–Kier alpha value is -1.20. The van der Waals surface area contributed by atoms with Crippen LogP contribution in [-0.2, 0) is 11.3 Å². The van der Waals surface area contributed by atoms with Crippen molar-refractivity contribution in [3.05, 3.63) is 39.2 Å². The van der Waals surface area contributed by atoms with Crippen LogP contribution in [-0.4, -0.2) is 22.5 Å². The van der Waals surface area contributed by atoms with Gasteiger partial charge in [0.1, 0.15) is 6.10 Å². The van der Waals surface area contributed by atoms with Gasteiger partial charge in [0.2, 0.25) is 0 Å². The summed E-state index contributed by atoms with van der Waals surface area (Å²) in [6.45, 7) is 1.27. The highest BCUT2D eigenvalue weighted by atomic mass is 79.9. The molecule has 1 unspecified atom stereocenters. The van der Waals surface area contributed by atoms with Crippen LogP contribution in [0, 0.1) is 0 Å². The number of aromatic nitrogens is 2. The van der Waals surface area contributed by atoms with E-state index in [1.54, 1.807) is 6.20 Å². The van der Waals surface area contributed by atoms with E-state index in [4.69, 9.17) is 4.74 Å². The van der Waals surface area contributed by atoms with Crippen molar-refractivity contribution in [1.82, 2.24) is 9.78 Å². The molecule has 2 heterocycles. The quantitative estimate of drug-likeness (QED) is 0.785. The van der Waals surface area contributed by atoms with E-state index in [-0.39, 0.29) is 11.7 Å². The van der Waals surface area contributed by atoms with Gasteiger partial charge >= 0.3 is 0 Å². The Bertz CT molecular complexity index is 604. The van der Waals surface area contributed by atoms with E-state index in [0.717, 1.165) is 16.5 Å². The van der Waals surface area contributed by atoms with Crippen molar-refractivity contribution in [1.29, 1.82) is 0 Å². The van der Waals surface area contributed by atoms with Gasteiger partial charge in [-0.05, 0) is 12.1 Å². The lowest BCUT2D eigenvalue weighted by molar-refractivity contribution is 0.369. The molecule has 1 aliphatic rings. The molecule has 4 nitrogen and oxygen atoms in total. The molecule has 1 saturated heterocycles. The van der Waals surface area contributed by atoms with Gasteiger partial charge in [0.25, 0.3) is 5.56 Å². The fourth-order valence-electron chi connectivity index (χ4n) is 1.65. The lowest BCUT2D eigenvalue weighted by Gasteiger charge is -2.03. The third-order valence-corrected chi connectivity index (χ3v) is 3.09. The van der Waals surface area contributed by atoms with Crippen molar-refractivity contribution in [3.63, 3.8) is 0 Å². The topological polar surface area (TPSA) is 47.4 Å². The van der Waals surface area contributed by atoms with Gasteiger partial charge in [0.15, 0.2) is 0 Å². The average Bonchev–Trinajstić information content (AvgIpc) is 3.07. The molecule has 1 aliphatic heterocycles. The highest BCUT2D eigenvalue weighted by molar-refractivity contribution is 9.10. The van der Waals surface area contributed by atoms with E-state index < -0.39 is 0 Å². The van der Waals surface area contributed by atoms with Crippen LogP contribution in [0.1, 0.15) is 0 Å².